The van der Waals surface area contributed by atoms with Gasteiger partial charge in [0.15, 0.2) is 10.9 Å². The number of aromatic nitrogens is 2. The highest BCUT2D eigenvalue weighted by Gasteiger charge is 2.21. The molecule has 0 bridgehead atoms. The minimum absolute atomic E-state index is 0.00270. The first-order valence-corrected chi connectivity index (χ1v) is 10.8. The van der Waals surface area contributed by atoms with Crippen LogP contribution in [0.1, 0.15) is 35.3 Å². The molecule has 2 heterocycles. The third kappa shape index (κ3) is 5.11. The topological polar surface area (TPSA) is 64.0 Å². The summed E-state index contributed by atoms with van der Waals surface area (Å²) < 4.78 is 1.97. The maximum absolute atomic E-state index is 12.6. The number of thioether (sulfide) groups is 1. The van der Waals surface area contributed by atoms with Crippen LogP contribution in [0.5, 0.6) is 0 Å². The molecule has 0 aliphatic carbocycles. The summed E-state index contributed by atoms with van der Waals surface area (Å²) in [5.74, 6) is 0.376. The number of benzene rings is 1. The van der Waals surface area contributed by atoms with Crippen molar-refractivity contribution in [3.8, 4) is 5.69 Å². The van der Waals surface area contributed by atoms with Gasteiger partial charge in [-0.1, -0.05) is 50.7 Å². The van der Waals surface area contributed by atoms with E-state index >= 15 is 0 Å². The van der Waals surface area contributed by atoms with E-state index in [-0.39, 0.29) is 11.7 Å². The average Bonchev–Trinajstić information content (AvgIpc) is 3.33. The SMILES string of the molecule is CC(C)(C)C(=O)NCc1ccc(C(=O)CSc2nccn2-c2ccccc2)s1. The second kappa shape index (κ2) is 8.75. The highest BCUT2D eigenvalue weighted by molar-refractivity contribution is 7.99. The number of ketones is 1. The quantitative estimate of drug-likeness (QED) is 0.455. The van der Waals surface area contributed by atoms with Crippen LogP contribution in [0.2, 0.25) is 0 Å². The molecule has 3 aromatic rings. The number of Topliss-reactive ketones (excluding diaryl/α,β-unsaturated/α-hetero) is 1. The second-order valence-corrected chi connectivity index (χ2v) is 9.44. The summed E-state index contributed by atoms with van der Waals surface area (Å²) in [6.45, 7) is 6.08. The number of nitrogens with one attached hydrogen (secondary N) is 1. The lowest BCUT2D eigenvalue weighted by Gasteiger charge is -2.17. The van der Waals surface area contributed by atoms with Crippen LogP contribution in [0.4, 0.5) is 0 Å². The van der Waals surface area contributed by atoms with Gasteiger partial charge < -0.3 is 5.32 Å². The van der Waals surface area contributed by atoms with Crippen LogP contribution in [0.15, 0.2) is 60.0 Å². The lowest BCUT2D eigenvalue weighted by atomic mass is 9.96. The van der Waals surface area contributed by atoms with Crippen LogP contribution >= 0.6 is 23.1 Å². The number of hydrogen-bond acceptors (Lipinski definition) is 5. The zero-order valence-corrected chi connectivity index (χ0v) is 17.8. The summed E-state index contributed by atoms with van der Waals surface area (Å²) in [7, 11) is 0. The van der Waals surface area contributed by atoms with E-state index in [1.165, 1.54) is 23.1 Å². The molecule has 7 heteroatoms. The first-order valence-electron chi connectivity index (χ1n) is 8.96. The van der Waals surface area contributed by atoms with Gasteiger partial charge in [0.25, 0.3) is 0 Å². The van der Waals surface area contributed by atoms with Crippen LogP contribution in [0.3, 0.4) is 0 Å². The summed E-state index contributed by atoms with van der Waals surface area (Å²) in [4.78, 5) is 30.6. The van der Waals surface area contributed by atoms with E-state index in [0.29, 0.717) is 17.2 Å². The van der Waals surface area contributed by atoms with E-state index in [1.807, 2.05) is 74.0 Å². The number of carbonyl (C=O) groups is 2. The second-order valence-electron chi connectivity index (χ2n) is 7.33. The van der Waals surface area contributed by atoms with Gasteiger partial charge in [0.2, 0.25) is 5.91 Å². The number of imidazole rings is 1. The Hall–Kier alpha value is -2.38. The first kappa shape index (κ1) is 20.4. The van der Waals surface area contributed by atoms with Crippen LogP contribution in [-0.2, 0) is 11.3 Å². The highest BCUT2D eigenvalue weighted by atomic mass is 32.2. The van der Waals surface area contributed by atoms with Crippen LogP contribution in [0, 0.1) is 5.41 Å². The Kier molecular flexibility index (Phi) is 6.36. The highest BCUT2D eigenvalue weighted by Crippen LogP contribution is 2.24. The van der Waals surface area contributed by atoms with Gasteiger partial charge in [-0.25, -0.2) is 4.98 Å². The predicted octanol–water partition coefficient (Wildman–Crippen LogP) is 4.57. The normalized spacial score (nSPS) is 11.4. The smallest absolute Gasteiger partial charge is 0.225 e. The number of thiophene rings is 1. The molecule has 0 fully saturated rings. The van der Waals surface area contributed by atoms with E-state index in [0.717, 1.165) is 15.7 Å². The van der Waals surface area contributed by atoms with Crippen molar-refractivity contribution in [2.75, 3.05) is 5.75 Å². The fourth-order valence-electron chi connectivity index (χ4n) is 2.44. The Morgan fingerprint density at radius 1 is 1.14 bits per heavy atom. The molecule has 3 rings (SSSR count). The predicted molar refractivity (Wildman–Crippen MR) is 114 cm³/mol. The van der Waals surface area contributed by atoms with Gasteiger partial charge in [0.05, 0.1) is 17.2 Å². The fourth-order valence-corrected chi connectivity index (χ4v) is 4.27. The zero-order valence-electron chi connectivity index (χ0n) is 16.1. The van der Waals surface area contributed by atoms with Crippen molar-refractivity contribution in [2.45, 2.75) is 32.5 Å². The largest absolute Gasteiger partial charge is 0.351 e. The monoisotopic (exact) mass is 413 g/mol. The molecule has 0 aliphatic heterocycles. The molecule has 0 radical (unpaired) electrons. The first-order chi connectivity index (χ1) is 13.3. The van der Waals surface area contributed by atoms with Crippen molar-refractivity contribution < 1.29 is 9.59 Å². The molecule has 146 valence electrons. The lowest BCUT2D eigenvalue weighted by molar-refractivity contribution is -0.128. The molecule has 0 spiro atoms. The number of para-hydroxylation sites is 1. The Labute approximate surface area is 173 Å². The fraction of sp³-hybridized carbons (Fsp3) is 0.286. The molecule has 0 saturated heterocycles. The minimum Gasteiger partial charge on any atom is -0.351 e. The van der Waals surface area contributed by atoms with Crippen LogP contribution in [-0.4, -0.2) is 27.0 Å². The van der Waals surface area contributed by atoms with Crippen molar-refractivity contribution in [3.05, 3.63) is 64.6 Å². The number of hydrogen-bond donors (Lipinski definition) is 1. The number of carbonyl (C=O) groups excluding carboxylic acids is 2. The van der Waals surface area contributed by atoms with Crippen molar-refractivity contribution in [1.29, 1.82) is 0 Å². The molecule has 2 aromatic heterocycles. The van der Waals surface area contributed by atoms with Gasteiger partial charge in [-0.2, -0.15) is 0 Å². The maximum Gasteiger partial charge on any atom is 0.225 e. The molecular formula is C21H23N3O2S2. The van der Waals surface area contributed by atoms with E-state index in [2.05, 4.69) is 10.3 Å². The molecule has 1 aromatic carbocycles. The third-order valence-corrected chi connectivity index (χ3v) is 6.11. The van der Waals surface area contributed by atoms with Crippen molar-refractivity contribution in [2.24, 2.45) is 5.41 Å². The van der Waals surface area contributed by atoms with Crippen molar-refractivity contribution in [3.63, 3.8) is 0 Å². The van der Waals surface area contributed by atoms with E-state index in [9.17, 15) is 9.59 Å². The molecule has 0 unspecified atom stereocenters. The molecule has 0 aliphatic rings. The molecule has 5 nitrogen and oxygen atoms in total. The average molecular weight is 414 g/mol. The lowest BCUT2D eigenvalue weighted by Crippen LogP contribution is -2.34. The van der Waals surface area contributed by atoms with Gasteiger partial charge >= 0.3 is 0 Å². The molecule has 0 saturated carbocycles. The van der Waals surface area contributed by atoms with Gasteiger partial charge in [0.1, 0.15) is 0 Å². The third-order valence-electron chi connectivity index (χ3n) is 4.01. The Morgan fingerprint density at radius 2 is 1.89 bits per heavy atom. The number of rotatable bonds is 7. The number of amides is 1. The van der Waals surface area contributed by atoms with E-state index < -0.39 is 5.41 Å². The molecular weight excluding hydrogens is 390 g/mol. The number of nitrogens with zero attached hydrogens (tertiary/aromatic N) is 2. The Balaban J connectivity index is 1.58. The van der Waals surface area contributed by atoms with Crippen molar-refractivity contribution >= 4 is 34.8 Å². The Morgan fingerprint density at radius 3 is 2.61 bits per heavy atom. The summed E-state index contributed by atoms with van der Waals surface area (Å²) >= 11 is 2.85. The molecule has 1 N–H and O–H groups in total. The summed E-state index contributed by atoms with van der Waals surface area (Å²) in [5, 5.41) is 3.70. The van der Waals surface area contributed by atoms with Gasteiger partial charge in [-0.05, 0) is 24.3 Å². The van der Waals surface area contributed by atoms with E-state index in [1.54, 1.807) is 6.20 Å². The van der Waals surface area contributed by atoms with Crippen LogP contribution in [0.25, 0.3) is 5.69 Å². The summed E-state index contributed by atoms with van der Waals surface area (Å²) in [6.07, 6.45) is 3.63. The van der Waals surface area contributed by atoms with Crippen molar-refractivity contribution in [1.82, 2.24) is 14.9 Å². The molecule has 0 atom stereocenters. The Bertz CT molecular complexity index is 955. The van der Waals surface area contributed by atoms with Crippen LogP contribution < -0.4 is 5.32 Å². The zero-order chi connectivity index (χ0) is 20.1. The van der Waals surface area contributed by atoms with Gasteiger partial charge in [-0.3, -0.25) is 14.2 Å². The molecule has 1 amide bonds. The van der Waals surface area contributed by atoms with Gasteiger partial charge in [-0.15, -0.1) is 11.3 Å². The van der Waals surface area contributed by atoms with E-state index in [4.69, 9.17) is 0 Å². The maximum atomic E-state index is 12.6. The van der Waals surface area contributed by atoms with Gasteiger partial charge in [0, 0.05) is 28.4 Å². The standard InChI is InChI=1S/C21H23N3O2S2/c1-21(2,3)19(26)23-13-16-9-10-18(28-16)17(25)14-27-20-22-11-12-24(20)15-7-5-4-6-8-15/h4-12H,13-14H2,1-3H3,(H,23,26). The molecule has 28 heavy (non-hydrogen) atoms. The summed E-state index contributed by atoms with van der Waals surface area (Å²) in [5.41, 5.74) is 0.593. The summed E-state index contributed by atoms with van der Waals surface area (Å²) in [6, 6.07) is 13.7. The minimum atomic E-state index is -0.423.